The third-order valence-electron chi connectivity index (χ3n) is 2.71. The first-order chi connectivity index (χ1) is 5.57. The van der Waals surface area contributed by atoms with Crippen LogP contribution in [0.5, 0.6) is 0 Å². The maximum Gasteiger partial charge on any atom is 0.112 e. The average molecular weight is 173 g/mol. The minimum atomic E-state index is -0.454. The van der Waals surface area contributed by atoms with Crippen LogP contribution < -0.4 is 0 Å². The minimum Gasteiger partial charge on any atom is -0.378 e. The first-order valence-corrected chi connectivity index (χ1v) is 4.71. The summed E-state index contributed by atoms with van der Waals surface area (Å²) in [5.41, 5.74) is 0. The molecule has 1 aliphatic rings. The van der Waals surface area contributed by atoms with E-state index in [1.54, 1.807) is 4.90 Å². The van der Waals surface area contributed by atoms with Crippen molar-refractivity contribution in [1.82, 2.24) is 4.90 Å². The maximum atomic E-state index is 9.76. The van der Waals surface area contributed by atoms with E-state index in [1.165, 1.54) is 0 Å². The Morgan fingerprint density at radius 3 is 2.25 bits per heavy atom. The summed E-state index contributed by atoms with van der Waals surface area (Å²) in [5.74, 6) is 0.238. The highest BCUT2D eigenvalue weighted by Gasteiger charge is 2.39. The van der Waals surface area contributed by atoms with E-state index in [2.05, 4.69) is 0 Å². The first kappa shape index (κ1) is 9.96. The topological polar surface area (TPSA) is 43.7 Å². The molecular weight excluding hydrogens is 154 g/mol. The molecule has 12 heavy (non-hydrogen) atoms. The molecule has 2 N–H and O–H groups in total. The summed E-state index contributed by atoms with van der Waals surface area (Å²) in [6.07, 6.45) is 0.729. The zero-order chi connectivity index (χ0) is 9.30. The molecule has 0 bridgehead atoms. The number of hydrogen-bond donors (Lipinski definition) is 2. The molecule has 0 aliphatic carbocycles. The molecule has 0 aromatic rings. The van der Waals surface area contributed by atoms with Crippen molar-refractivity contribution in [3.63, 3.8) is 0 Å². The molecule has 0 saturated carbocycles. The number of likely N-dealkylation sites (tertiary alicyclic amines) is 1. The second-order valence-corrected chi connectivity index (χ2v) is 3.84. The molecule has 3 heteroatoms. The zero-order valence-electron chi connectivity index (χ0n) is 8.07. The Balaban J connectivity index is 2.63. The second kappa shape index (κ2) is 3.73. The van der Waals surface area contributed by atoms with Crippen LogP contribution in [0.15, 0.2) is 0 Å². The van der Waals surface area contributed by atoms with Gasteiger partial charge in [-0.15, -0.1) is 0 Å². The molecule has 0 aromatic carbocycles. The third-order valence-corrected chi connectivity index (χ3v) is 2.71. The van der Waals surface area contributed by atoms with E-state index in [9.17, 15) is 10.2 Å². The Morgan fingerprint density at radius 2 is 2.00 bits per heavy atom. The van der Waals surface area contributed by atoms with Gasteiger partial charge in [-0.25, -0.2) is 0 Å². The summed E-state index contributed by atoms with van der Waals surface area (Å²) in [5, 5.41) is 19.4. The maximum absolute atomic E-state index is 9.76. The molecule has 1 rings (SSSR count). The molecule has 0 amide bonds. The Bertz CT molecular complexity index is 149. The number of aliphatic hydroxyl groups is 2. The fourth-order valence-corrected chi connectivity index (χ4v) is 1.96. The van der Waals surface area contributed by atoms with Crippen LogP contribution in [0.1, 0.15) is 33.6 Å². The van der Waals surface area contributed by atoms with E-state index in [0.29, 0.717) is 6.42 Å². The van der Waals surface area contributed by atoms with Gasteiger partial charge in [0.15, 0.2) is 0 Å². The van der Waals surface area contributed by atoms with Crippen molar-refractivity contribution in [2.75, 3.05) is 0 Å². The van der Waals surface area contributed by atoms with Crippen molar-refractivity contribution in [2.45, 2.75) is 52.1 Å². The number of nitrogens with zero attached hydrogens (tertiary/aromatic N) is 1. The molecule has 3 atom stereocenters. The van der Waals surface area contributed by atoms with Crippen LogP contribution in [-0.2, 0) is 0 Å². The van der Waals surface area contributed by atoms with Gasteiger partial charge >= 0.3 is 0 Å². The molecule has 0 radical (unpaired) electrons. The monoisotopic (exact) mass is 173 g/mol. The van der Waals surface area contributed by atoms with Crippen molar-refractivity contribution < 1.29 is 10.2 Å². The van der Waals surface area contributed by atoms with E-state index in [0.717, 1.165) is 6.42 Å². The predicted octanol–water partition coefficient (Wildman–Crippen LogP) is 0.764. The van der Waals surface area contributed by atoms with E-state index >= 15 is 0 Å². The van der Waals surface area contributed by atoms with E-state index in [1.807, 2.05) is 20.8 Å². The van der Waals surface area contributed by atoms with Crippen LogP contribution in [-0.4, -0.2) is 33.6 Å². The lowest BCUT2D eigenvalue weighted by Gasteiger charge is -2.28. The van der Waals surface area contributed by atoms with Gasteiger partial charge in [-0.2, -0.15) is 0 Å². The lowest BCUT2D eigenvalue weighted by Crippen LogP contribution is -2.42. The predicted molar refractivity (Wildman–Crippen MR) is 47.4 cm³/mol. The Labute approximate surface area is 74.0 Å². The Hall–Kier alpha value is -0.120. The van der Waals surface area contributed by atoms with Crippen LogP contribution in [0.25, 0.3) is 0 Å². The normalized spacial score (nSPS) is 38.0. The minimum absolute atomic E-state index is 0.214. The summed E-state index contributed by atoms with van der Waals surface area (Å²) in [6.45, 7) is 6.03. The lowest BCUT2D eigenvalue weighted by molar-refractivity contribution is -0.0802. The van der Waals surface area contributed by atoms with Crippen LogP contribution in [0.2, 0.25) is 0 Å². The van der Waals surface area contributed by atoms with Crippen molar-refractivity contribution in [3.8, 4) is 0 Å². The van der Waals surface area contributed by atoms with Crippen LogP contribution in [0.4, 0.5) is 0 Å². The molecule has 0 aromatic heterocycles. The van der Waals surface area contributed by atoms with Gasteiger partial charge in [0.05, 0.1) is 0 Å². The van der Waals surface area contributed by atoms with Crippen LogP contribution in [0.3, 0.4) is 0 Å². The van der Waals surface area contributed by atoms with Crippen molar-refractivity contribution in [2.24, 2.45) is 5.92 Å². The van der Waals surface area contributed by atoms with E-state index in [4.69, 9.17) is 0 Å². The number of rotatable bonds is 2. The van der Waals surface area contributed by atoms with Crippen LogP contribution >= 0.6 is 0 Å². The van der Waals surface area contributed by atoms with Gasteiger partial charge < -0.3 is 10.2 Å². The van der Waals surface area contributed by atoms with Crippen molar-refractivity contribution >= 4 is 0 Å². The van der Waals surface area contributed by atoms with E-state index in [-0.39, 0.29) is 12.0 Å². The fraction of sp³-hybridized carbons (Fsp3) is 1.00. The largest absolute Gasteiger partial charge is 0.378 e. The quantitative estimate of drug-likeness (QED) is 0.648. The molecule has 3 nitrogen and oxygen atoms in total. The molecule has 1 saturated heterocycles. The molecule has 1 aliphatic heterocycles. The molecule has 0 spiro atoms. The van der Waals surface area contributed by atoms with Gasteiger partial charge in [0.25, 0.3) is 0 Å². The molecular formula is C9H19NO2. The summed E-state index contributed by atoms with van der Waals surface area (Å²) in [6, 6.07) is 0.214. The van der Waals surface area contributed by atoms with Gasteiger partial charge in [-0.3, -0.25) is 4.90 Å². The average Bonchev–Trinajstić information content (AvgIpc) is 2.25. The van der Waals surface area contributed by atoms with Gasteiger partial charge in [0, 0.05) is 12.0 Å². The number of hydrogen-bond acceptors (Lipinski definition) is 3. The fourth-order valence-electron chi connectivity index (χ4n) is 1.96. The summed E-state index contributed by atoms with van der Waals surface area (Å²) >= 11 is 0. The SMILES string of the molecule is CCC1CC(O)N(C(C)C)C1O. The lowest BCUT2D eigenvalue weighted by atomic mass is 10.0. The van der Waals surface area contributed by atoms with Crippen molar-refractivity contribution in [1.29, 1.82) is 0 Å². The van der Waals surface area contributed by atoms with Gasteiger partial charge in [-0.1, -0.05) is 6.92 Å². The molecule has 1 heterocycles. The second-order valence-electron chi connectivity index (χ2n) is 3.84. The van der Waals surface area contributed by atoms with Crippen LogP contribution in [0, 0.1) is 5.92 Å². The molecule has 3 unspecified atom stereocenters. The van der Waals surface area contributed by atoms with E-state index < -0.39 is 12.5 Å². The summed E-state index contributed by atoms with van der Waals surface area (Å²) in [4.78, 5) is 1.77. The number of aliphatic hydroxyl groups excluding tert-OH is 2. The highest BCUT2D eigenvalue weighted by Crippen LogP contribution is 2.30. The van der Waals surface area contributed by atoms with Gasteiger partial charge in [0.1, 0.15) is 12.5 Å². The Morgan fingerprint density at radius 1 is 1.42 bits per heavy atom. The summed E-state index contributed by atoms with van der Waals surface area (Å²) < 4.78 is 0. The highest BCUT2D eigenvalue weighted by molar-refractivity contribution is 4.83. The summed E-state index contributed by atoms with van der Waals surface area (Å²) in [7, 11) is 0. The smallest absolute Gasteiger partial charge is 0.112 e. The third kappa shape index (κ3) is 1.63. The standard InChI is InChI=1S/C9H19NO2/c1-4-7-5-8(11)10(6(2)3)9(7)12/h6-9,11-12H,4-5H2,1-3H3. The highest BCUT2D eigenvalue weighted by atomic mass is 16.3. The Kier molecular flexibility index (Phi) is 3.09. The molecule has 1 fully saturated rings. The molecule has 72 valence electrons. The van der Waals surface area contributed by atoms with Crippen molar-refractivity contribution in [3.05, 3.63) is 0 Å². The van der Waals surface area contributed by atoms with Gasteiger partial charge in [-0.05, 0) is 26.7 Å². The zero-order valence-corrected chi connectivity index (χ0v) is 8.07. The van der Waals surface area contributed by atoms with Gasteiger partial charge in [0.2, 0.25) is 0 Å². The first-order valence-electron chi connectivity index (χ1n) is 4.71.